The molecule has 0 bridgehead atoms. The molecule has 19 valence electrons. The molecule has 0 aromatic heterocycles. The van der Waals surface area contributed by atoms with Crippen LogP contribution in [0.4, 0.5) is 0 Å². The average molecular weight is 693 g/mol. The van der Waals surface area contributed by atoms with Crippen molar-refractivity contribution in [3.05, 3.63) is 0 Å². The minimum absolute atomic E-state index is 0. The Labute approximate surface area is 149 Å². The van der Waals surface area contributed by atoms with Gasteiger partial charge in [0.25, 0.3) is 0 Å². The molecular formula is In5Sn. The molecule has 0 rings (SSSR count). The monoisotopic (exact) mass is 694 g/mol. The molecular weight excluding hydrogens is 693 g/mol. The molecule has 0 spiro atoms. The summed E-state index contributed by atoms with van der Waals surface area (Å²) in [6.07, 6.45) is 0. The van der Waals surface area contributed by atoms with Crippen LogP contribution < -0.4 is 0 Å². The normalized spacial score (nSPS) is 0. The van der Waals surface area contributed by atoms with Gasteiger partial charge >= 0.3 is 0 Å². The zero-order valence-corrected chi connectivity index (χ0v) is 22.7. The van der Waals surface area contributed by atoms with E-state index in [2.05, 4.69) is 0 Å². The molecule has 0 aliphatic heterocycles. The second-order valence-electron chi connectivity index (χ2n) is 0. The Morgan fingerprint density at radius 2 is 0.333 bits per heavy atom. The van der Waals surface area contributed by atoms with Crippen molar-refractivity contribution in [2.45, 2.75) is 0 Å². The molecule has 0 amide bonds. The second kappa shape index (κ2) is 32.0. The minimum Gasteiger partial charge on any atom is 0 e. The third kappa shape index (κ3) is 22.9. The Kier molecular flexibility index (Phi) is 231. The Morgan fingerprint density at radius 1 is 0.333 bits per heavy atom. The van der Waals surface area contributed by atoms with E-state index >= 15 is 0 Å². The first kappa shape index (κ1) is 43.3. The predicted molar refractivity (Wildman–Crippen MR) is 34.5 cm³/mol. The van der Waals surface area contributed by atoms with E-state index in [0.717, 1.165) is 0 Å². The minimum atomic E-state index is 0. The zero-order valence-electron chi connectivity index (χ0n) is 3.39. The summed E-state index contributed by atoms with van der Waals surface area (Å²) in [5.74, 6) is 0. The van der Waals surface area contributed by atoms with Gasteiger partial charge in [-0.25, -0.2) is 0 Å². The van der Waals surface area contributed by atoms with Gasteiger partial charge in [-0.05, 0) is 0 Å². The van der Waals surface area contributed by atoms with Crippen molar-refractivity contribution >= 4 is 153 Å². The van der Waals surface area contributed by atoms with Crippen LogP contribution in [0.25, 0.3) is 0 Å². The van der Waals surface area contributed by atoms with Gasteiger partial charge in [-0.2, -0.15) is 0 Å². The van der Waals surface area contributed by atoms with Crippen LogP contribution in [0.1, 0.15) is 0 Å². The van der Waals surface area contributed by atoms with Gasteiger partial charge in [-0.15, -0.1) is 0 Å². The molecule has 0 aliphatic rings. The standard InChI is InChI=1S/5In.Sn. The van der Waals surface area contributed by atoms with E-state index in [1.54, 1.807) is 0 Å². The molecule has 0 heterocycles. The van der Waals surface area contributed by atoms with Crippen molar-refractivity contribution in [1.29, 1.82) is 0 Å². The van der Waals surface area contributed by atoms with Gasteiger partial charge < -0.3 is 0 Å². The summed E-state index contributed by atoms with van der Waals surface area (Å²) >= 11 is 0. The summed E-state index contributed by atoms with van der Waals surface area (Å²) in [5, 5.41) is 0. The molecule has 0 atom stereocenters. The van der Waals surface area contributed by atoms with Crippen LogP contribution in [0.15, 0.2) is 0 Å². The van der Waals surface area contributed by atoms with Crippen molar-refractivity contribution in [1.82, 2.24) is 0 Å². The van der Waals surface area contributed by atoms with Crippen LogP contribution >= 0.6 is 0 Å². The topological polar surface area (TPSA) is 0 Å². The largest absolute Gasteiger partial charge is 0 e. The first-order chi connectivity index (χ1) is 0. The molecule has 0 nitrogen and oxygen atoms in total. The summed E-state index contributed by atoms with van der Waals surface area (Å²) in [6.45, 7) is 0. The van der Waals surface area contributed by atoms with Crippen molar-refractivity contribution in [2.24, 2.45) is 0 Å². The fraction of sp³-hybridized carbons (Fsp3) is 0. The van der Waals surface area contributed by atoms with Crippen LogP contribution in [0.2, 0.25) is 0 Å². The molecule has 0 unspecified atom stereocenters. The second-order valence-corrected chi connectivity index (χ2v) is 0. The summed E-state index contributed by atoms with van der Waals surface area (Å²) in [6, 6.07) is 0. The Balaban J connectivity index is 0. The Morgan fingerprint density at radius 3 is 0.333 bits per heavy atom. The first-order valence-electron chi connectivity index (χ1n) is 0. The van der Waals surface area contributed by atoms with Gasteiger partial charge in [0.2, 0.25) is 0 Å². The van der Waals surface area contributed by atoms with E-state index in [1.165, 1.54) is 0 Å². The van der Waals surface area contributed by atoms with Crippen LogP contribution in [-0.4, -0.2) is 153 Å². The van der Waals surface area contributed by atoms with Crippen LogP contribution in [-0.2, 0) is 0 Å². The molecule has 0 saturated carbocycles. The fourth-order valence-corrected chi connectivity index (χ4v) is 0. The van der Waals surface area contributed by atoms with Gasteiger partial charge in [0, 0.05) is 153 Å². The van der Waals surface area contributed by atoms with E-state index < -0.39 is 0 Å². The van der Waals surface area contributed by atoms with Gasteiger partial charge in [-0.3, -0.25) is 0 Å². The molecule has 6 heavy (non-hydrogen) atoms. The van der Waals surface area contributed by atoms with Crippen molar-refractivity contribution in [2.75, 3.05) is 0 Å². The summed E-state index contributed by atoms with van der Waals surface area (Å²) in [7, 11) is 0. The van der Waals surface area contributed by atoms with E-state index in [4.69, 9.17) is 0 Å². The SMILES string of the molecule is [In].[In].[In].[In].[In].[Sn]. The predicted octanol–water partition coefficient (Wildman–Crippen LogP) is -2.28. The maximum atomic E-state index is 0. The molecule has 0 saturated heterocycles. The van der Waals surface area contributed by atoms with Crippen LogP contribution in [0.5, 0.6) is 0 Å². The average Bonchev–Trinajstić information content (AvgIpc) is 0. The smallest absolute Gasteiger partial charge is 0 e. The molecule has 0 fully saturated rings. The molecule has 0 N–H and O–H groups in total. The Hall–Kier alpha value is 5.15. The van der Waals surface area contributed by atoms with Crippen LogP contribution in [0.3, 0.4) is 0 Å². The maximum absolute atomic E-state index is 0. The molecule has 19 radical (unpaired) electrons. The third-order valence-corrected chi connectivity index (χ3v) is 0. The number of hydrogen-bond donors (Lipinski definition) is 0. The van der Waals surface area contributed by atoms with Crippen molar-refractivity contribution < 1.29 is 0 Å². The Bertz CT molecular complexity index is 3.90. The maximum Gasteiger partial charge on any atom is 0 e. The fourth-order valence-electron chi connectivity index (χ4n) is 0. The van der Waals surface area contributed by atoms with Gasteiger partial charge in [0.1, 0.15) is 0 Å². The third-order valence-electron chi connectivity index (χ3n) is 0. The van der Waals surface area contributed by atoms with Crippen molar-refractivity contribution in [3.8, 4) is 0 Å². The van der Waals surface area contributed by atoms with E-state index in [9.17, 15) is 0 Å². The first-order valence-corrected chi connectivity index (χ1v) is 0. The van der Waals surface area contributed by atoms with Gasteiger partial charge in [0.15, 0.2) is 0 Å². The van der Waals surface area contributed by atoms with Crippen LogP contribution in [0, 0.1) is 0 Å². The van der Waals surface area contributed by atoms with Crippen molar-refractivity contribution in [3.63, 3.8) is 0 Å². The molecule has 6 heteroatoms. The van der Waals surface area contributed by atoms with E-state index in [1.807, 2.05) is 0 Å². The quantitative estimate of drug-likeness (QED) is 0.251. The molecule has 0 aromatic carbocycles. The summed E-state index contributed by atoms with van der Waals surface area (Å²) < 4.78 is 0. The van der Waals surface area contributed by atoms with Gasteiger partial charge in [-0.1, -0.05) is 0 Å². The number of rotatable bonds is 0. The van der Waals surface area contributed by atoms with Gasteiger partial charge in [0.05, 0.1) is 0 Å². The van der Waals surface area contributed by atoms with E-state index in [0.29, 0.717) is 0 Å². The zero-order chi connectivity index (χ0) is 0. The summed E-state index contributed by atoms with van der Waals surface area (Å²) in [4.78, 5) is 0. The van der Waals surface area contributed by atoms with E-state index in [-0.39, 0.29) is 153 Å². The number of hydrogen-bond acceptors (Lipinski definition) is 0. The summed E-state index contributed by atoms with van der Waals surface area (Å²) in [5.41, 5.74) is 0. The molecule has 0 aromatic rings. The molecule has 0 aliphatic carbocycles.